The minimum atomic E-state index is 0.00792. The number of likely N-dealkylation sites (N-methyl/N-ethyl adjacent to an activating group) is 1. The zero-order valence-electron chi connectivity index (χ0n) is 12.3. The summed E-state index contributed by atoms with van der Waals surface area (Å²) in [6.07, 6.45) is 5.46. The van der Waals surface area contributed by atoms with Crippen molar-refractivity contribution in [2.24, 2.45) is 0 Å². The van der Waals surface area contributed by atoms with Crippen LogP contribution >= 0.6 is 0 Å². The Morgan fingerprint density at radius 1 is 1.21 bits per heavy atom. The highest BCUT2D eigenvalue weighted by Crippen LogP contribution is 2.26. The first-order chi connectivity index (χ1) is 9.28. The van der Waals surface area contributed by atoms with Crippen molar-refractivity contribution in [1.29, 1.82) is 0 Å². The van der Waals surface area contributed by atoms with Crippen LogP contribution < -0.4 is 10.1 Å². The molecule has 0 aliphatic carbocycles. The highest BCUT2D eigenvalue weighted by Gasteiger charge is 2.26. The first-order valence-electron chi connectivity index (χ1n) is 6.98. The lowest BCUT2D eigenvalue weighted by Gasteiger charge is -2.27. The first kappa shape index (κ1) is 15.9. The van der Waals surface area contributed by atoms with Crippen LogP contribution in [0.1, 0.15) is 45.3 Å². The second-order valence-corrected chi connectivity index (χ2v) is 4.27. The van der Waals surface area contributed by atoms with Crippen molar-refractivity contribution in [1.82, 2.24) is 15.3 Å². The zero-order valence-corrected chi connectivity index (χ0v) is 12.3. The van der Waals surface area contributed by atoms with Gasteiger partial charge in [0.25, 0.3) is 0 Å². The van der Waals surface area contributed by atoms with Crippen molar-refractivity contribution in [3.8, 4) is 5.88 Å². The third kappa shape index (κ3) is 4.44. The van der Waals surface area contributed by atoms with Crippen molar-refractivity contribution in [3.63, 3.8) is 0 Å². The molecule has 2 atom stereocenters. The van der Waals surface area contributed by atoms with E-state index in [1.54, 1.807) is 19.5 Å². The summed E-state index contributed by atoms with van der Waals surface area (Å²) in [5.41, 5.74) is 0.818. The van der Waals surface area contributed by atoms with Crippen LogP contribution in [-0.2, 0) is 4.74 Å². The van der Waals surface area contributed by atoms with Crippen molar-refractivity contribution in [2.75, 3.05) is 20.3 Å². The Morgan fingerprint density at radius 3 is 2.53 bits per heavy atom. The van der Waals surface area contributed by atoms with Gasteiger partial charge in [0.1, 0.15) is 5.69 Å². The molecule has 0 saturated heterocycles. The van der Waals surface area contributed by atoms with Crippen molar-refractivity contribution < 1.29 is 9.47 Å². The lowest BCUT2D eigenvalue weighted by molar-refractivity contribution is 0.0261. The molecule has 0 saturated carbocycles. The van der Waals surface area contributed by atoms with E-state index in [2.05, 4.69) is 29.1 Å². The van der Waals surface area contributed by atoms with E-state index < -0.39 is 0 Å². The molecule has 0 aliphatic rings. The van der Waals surface area contributed by atoms with Crippen molar-refractivity contribution >= 4 is 0 Å². The second kappa shape index (κ2) is 8.82. The molecule has 0 spiro atoms. The van der Waals surface area contributed by atoms with Crippen LogP contribution in [-0.4, -0.2) is 36.3 Å². The molecule has 1 aromatic rings. The topological polar surface area (TPSA) is 56.3 Å². The van der Waals surface area contributed by atoms with Gasteiger partial charge in [0.2, 0.25) is 5.88 Å². The number of methoxy groups -OCH3 is 1. The van der Waals surface area contributed by atoms with Crippen LogP contribution in [0.25, 0.3) is 0 Å². The Morgan fingerprint density at radius 2 is 1.95 bits per heavy atom. The number of hydrogen-bond acceptors (Lipinski definition) is 5. The standard InChI is InChI=1S/C14H25N3O2/c1-5-8-11(19-7-3)12(15-6-2)13-14(18-4)17-10-9-16-13/h9-12,15H,5-8H2,1-4H3. The summed E-state index contributed by atoms with van der Waals surface area (Å²) in [6, 6.07) is 0.00792. The summed E-state index contributed by atoms with van der Waals surface area (Å²) >= 11 is 0. The maximum Gasteiger partial charge on any atom is 0.237 e. The molecular formula is C14H25N3O2. The second-order valence-electron chi connectivity index (χ2n) is 4.27. The molecule has 5 nitrogen and oxygen atoms in total. The smallest absolute Gasteiger partial charge is 0.237 e. The molecule has 0 aromatic carbocycles. The number of rotatable bonds is 9. The van der Waals surface area contributed by atoms with Gasteiger partial charge < -0.3 is 14.8 Å². The Labute approximate surface area is 115 Å². The van der Waals surface area contributed by atoms with E-state index in [9.17, 15) is 0 Å². The summed E-state index contributed by atoms with van der Waals surface area (Å²) in [6.45, 7) is 7.78. The molecule has 19 heavy (non-hydrogen) atoms. The van der Waals surface area contributed by atoms with E-state index >= 15 is 0 Å². The molecule has 0 fully saturated rings. The normalized spacial score (nSPS) is 14.1. The van der Waals surface area contributed by atoms with Gasteiger partial charge in [-0.25, -0.2) is 4.98 Å². The lowest BCUT2D eigenvalue weighted by Crippen LogP contribution is -2.35. The lowest BCUT2D eigenvalue weighted by atomic mass is 10.0. The van der Waals surface area contributed by atoms with Gasteiger partial charge in [-0.3, -0.25) is 4.98 Å². The highest BCUT2D eigenvalue weighted by molar-refractivity contribution is 5.22. The number of ether oxygens (including phenoxy) is 2. The van der Waals surface area contributed by atoms with Crippen LogP contribution in [0.4, 0.5) is 0 Å². The Bertz CT molecular complexity index is 354. The van der Waals surface area contributed by atoms with Crippen molar-refractivity contribution in [3.05, 3.63) is 18.1 Å². The average Bonchev–Trinajstić information content (AvgIpc) is 2.44. The molecule has 0 aliphatic heterocycles. The number of nitrogens with zero attached hydrogens (tertiary/aromatic N) is 2. The summed E-state index contributed by atoms with van der Waals surface area (Å²) < 4.78 is 11.2. The number of aromatic nitrogens is 2. The molecule has 1 heterocycles. The molecule has 1 aromatic heterocycles. The predicted molar refractivity (Wildman–Crippen MR) is 75.3 cm³/mol. The summed E-state index contributed by atoms with van der Waals surface area (Å²) in [7, 11) is 1.62. The zero-order chi connectivity index (χ0) is 14.1. The molecule has 1 rings (SSSR count). The number of hydrogen-bond donors (Lipinski definition) is 1. The van der Waals surface area contributed by atoms with Gasteiger partial charge in [-0.1, -0.05) is 20.3 Å². The van der Waals surface area contributed by atoms with E-state index in [0.717, 1.165) is 25.1 Å². The van der Waals surface area contributed by atoms with E-state index in [4.69, 9.17) is 9.47 Å². The summed E-state index contributed by atoms with van der Waals surface area (Å²) in [5.74, 6) is 0.564. The first-order valence-corrected chi connectivity index (χ1v) is 6.98. The molecule has 0 amide bonds. The Kier molecular flexibility index (Phi) is 7.36. The van der Waals surface area contributed by atoms with Crippen LogP contribution in [0, 0.1) is 0 Å². The van der Waals surface area contributed by atoms with E-state index in [1.807, 2.05) is 6.92 Å². The van der Waals surface area contributed by atoms with Crippen LogP contribution in [0.15, 0.2) is 12.4 Å². The molecule has 0 radical (unpaired) electrons. The van der Waals surface area contributed by atoms with Crippen molar-refractivity contribution in [2.45, 2.75) is 45.8 Å². The Balaban J connectivity index is 3.02. The van der Waals surface area contributed by atoms with E-state index in [1.165, 1.54) is 0 Å². The predicted octanol–water partition coefficient (Wildman–Crippen LogP) is 2.34. The molecule has 1 N–H and O–H groups in total. The minimum absolute atomic E-state index is 0.00792. The van der Waals surface area contributed by atoms with Crippen LogP contribution in [0.5, 0.6) is 5.88 Å². The quantitative estimate of drug-likeness (QED) is 0.744. The van der Waals surface area contributed by atoms with Gasteiger partial charge in [-0.15, -0.1) is 0 Å². The fourth-order valence-electron chi connectivity index (χ4n) is 2.18. The minimum Gasteiger partial charge on any atom is -0.480 e. The maximum atomic E-state index is 5.87. The van der Waals surface area contributed by atoms with E-state index in [0.29, 0.717) is 12.5 Å². The average molecular weight is 267 g/mol. The Hall–Kier alpha value is -1.20. The fourth-order valence-corrected chi connectivity index (χ4v) is 2.18. The van der Waals surface area contributed by atoms with Gasteiger partial charge in [0, 0.05) is 19.0 Å². The van der Waals surface area contributed by atoms with E-state index in [-0.39, 0.29) is 12.1 Å². The molecular weight excluding hydrogens is 242 g/mol. The molecule has 108 valence electrons. The summed E-state index contributed by atoms with van der Waals surface area (Å²) in [4.78, 5) is 8.65. The van der Waals surface area contributed by atoms with Gasteiger partial charge in [-0.05, 0) is 19.9 Å². The maximum absolute atomic E-state index is 5.87. The largest absolute Gasteiger partial charge is 0.480 e. The third-order valence-corrected chi connectivity index (χ3v) is 2.93. The van der Waals surface area contributed by atoms with Crippen LogP contribution in [0.3, 0.4) is 0 Å². The van der Waals surface area contributed by atoms with Gasteiger partial charge in [-0.2, -0.15) is 0 Å². The number of nitrogens with one attached hydrogen (secondary N) is 1. The fraction of sp³-hybridized carbons (Fsp3) is 0.714. The molecule has 2 unspecified atom stereocenters. The van der Waals surface area contributed by atoms with Gasteiger partial charge in [0.15, 0.2) is 0 Å². The molecule has 0 bridgehead atoms. The monoisotopic (exact) mass is 267 g/mol. The molecule has 5 heteroatoms. The summed E-state index contributed by atoms with van der Waals surface area (Å²) in [5, 5.41) is 3.44. The highest BCUT2D eigenvalue weighted by atomic mass is 16.5. The van der Waals surface area contributed by atoms with Crippen LogP contribution in [0.2, 0.25) is 0 Å². The van der Waals surface area contributed by atoms with Gasteiger partial charge in [0.05, 0.1) is 19.3 Å². The van der Waals surface area contributed by atoms with Gasteiger partial charge >= 0.3 is 0 Å². The SMILES string of the molecule is CCCC(OCC)C(NCC)c1nccnc1OC. The third-order valence-electron chi connectivity index (χ3n) is 2.93.